The average Bonchev–Trinajstić information content (AvgIpc) is 2.57. The molecule has 0 aliphatic heterocycles. The number of benzene rings is 2. The molecule has 4 heteroatoms. The summed E-state index contributed by atoms with van der Waals surface area (Å²) < 4.78 is 11.0. The molecular formula is C20H25NO3. The molecular weight excluding hydrogens is 302 g/mol. The third-order valence-electron chi connectivity index (χ3n) is 3.91. The Morgan fingerprint density at radius 1 is 1.04 bits per heavy atom. The molecule has 0 spiro atoms. The fourth-order valence-electron chi connectivity index (χ4n) is 2.26. The van der Waals surface area contributed by atoms with Crippen molar-refractivity contribution < 1.29 is 14.3 Å². The van der Waals surface area contributed by atoms with Crippen molar-refractivity contribution in [3.05, 3.63) is 53.6 Å². The van der Waals surface area contributed by atoms with E-state index in [-0.39, 0.29) is 5.91 Å². The van der Waals surface area contributed by atoms with Crippen LogP contribution in [0.2, 0.25) is 0 Å². The molecule has 4 nitrogen and oxygen atoms in total. The first kappa shape index (κ1) is 17.9. The second-order valence-electron chi connectivity index (χ2n) is 6.16. The first-order valence-corrected chi connectivity index (χ1v) is 8.13. The maximum atomic E-state index is 12.3. The van der Waals surface area contributed by atoms with Crippen LogP contribution in [0.1, 0.15) is 37.8 Å². The zero-order valence-corrected chi connectivity index (χ0v) is 14.9. The molecule has 1 atom stereocenters. The van der Waals surface area contributed by atoms with Crippen molar-refractivity contribution >= 4 is 11.6 Å². The third-order valence-corrected chi connectivity index (χ3v) is 3.91. The van der Waals surface area contributed by atoms with Gasteiger partial charge in [0.25, 0.3) is 5.91 Å². The standard InChI is InChI=1S/C20H25NO3/c1-13(2)16-7-6-14(3)19(12-16)24-15(4)20(22)21-17-8-10-18(23-5)11-9-17/h6-13,15H,1-5H3,(H,21,22). The molecule has 2 aromatic rings. The number of ether oxygens (including phenoxy) is 2. The average molecular weight is 327 g/mol. The Kier molecular flexibility index (Phi) is 5.85. The Bertz CT molecular complexity index is 693. The van der Waals surface area contributed by atoms with Gasteiger partial charge in [-0.3, -0.25) is 4.79 Å². The van der Waals surface area contributed by atoms with E-state index in [0.29, 0.717) is 11.6 Å². The lowest BCUT2D eigenvalue weighted by Crippen LogP contribution is -2.30. The smallest absolute Gasteiger partial charge is 0.265 e. The fourth-order valence-corrected chi connectivity index (χ4v) is 2.26. The molecule has 0 aliphatic carbocycles. The Morgan fingerprint density at radius 3 is 2.29 bits per heavy atom. The van der Waals surface area contributed by atoms with Crippen molar-refractivity contribution in [2.24, 2.45) is 0 Å². The van der Waals surface area contributed by atoms with Crippen LogP contribution in [-0.2, 0) is 4.79 Å². The predicted octanol–water partition coefficient (Wildman–Crippen LogP) is 4.53. The number of hydrogen-bond acceptors (Lipinski definition) is 3. The minimum atomic E-state index is -0.590. The number of amides is 1. The number of nitrogens with one attached hydrogen (secondary N) is 1. The highest BCUT2D eigenvalue weighted by molar-refractivity contribution is 5.94. The molecule has 0 heterocycles. The van der Waals surface area contributed by atoms with Gasteiger partial charge in [-0.1, -0.05) is 26.0 Å². The van der Waals surface area contributed by atoms with E-state index in [0.717, 1.165) is 17.1 Å². The number of carbonyl (C=O) groups excluding carboxylic acids is 1. The van der Waals surface area contributed by atoms with Gasteiger partial charge in [-0.25, -0.2) is 0 Å². The van der Waals surface area contributed by atoms with Crippen LogP contribution in [0, 0.1) is 6.92 Å². The summed E-state index contributed by atoms with van der Waals surface area (Å²) in [4.78, 5) is 12.3. The number of anilines is 1. The van der Waals surface area contributed by atoms with Gasteiger partial charge in [0.05, 0.1) is 7.11 Å². The first-order chi connectivity index (χ1) is 11.4. The number of aryl methyl sites for hydroxylation is 1. The molecule has 1 amide bonds. The lowest BCUT2D eigenvalue weighted by Gasteiger charge is -2.18. The molecule has 128 valence electrons. The van der Waals surface area contributed by atoms with E-state index < -0.39 is 6.10 Å². The lowest BCUT2D eigenvalue weighted by atomic mass is 10.0. The summed E-state index contributed by atoms with van der Waals surface area (Å²) in [5.74, 6) is 1.72. The number of rotatable bonds is 6. The van der Waals surface area contributed by atoms with Crippen LogP contribution in [0.4, 0.5) is 5.69 Å². The van der Waals surface area contributed by atoms with Gasteiger partial charge >= 0.3 is 0 Å². The van der Waals surface area contributed by atoms with E-state index in [2.05, 4.69) is 25.2 Å². The highest BCUT2D eigenvalue weighted by Gasteiger charge is 2.16. The zero-order valence-electron chi connectivity index (χ0n) is 14.9. The molecule has 0 saturated carbocycles. The van der Waals surface area contributed by atoms with Crippen LogP contribution in [0.5, 0.6) is 11.5 Å². The second-order valence-corrected chi connectivity index (χ2v) is 6.16. The monoisotopic (exact) mass is 327 g/mol. The second kappa shape index (κ2) is 7.86. The fraction of sp³-hybridized carbons (Fsp3) is 0.350. The van der Waals surface area contributed by atoms with Crippen LogP contribution < -0.4 is 14.8 Å². The van der Waals surface area contributed by atoms with E-state index in [1.165, 1.54) is 5.56 Å². The van der Waals surface area contributed by atoms with Crippen molar-refractivity contribution in [2.75, 3.05) is 12.4 Å². The molecule has 0 bridgehead atoms. The molecule has 0 radical (unpaired) electrons. The molecule has 1 unspecified atom stereocenters. The number of methoxy groups -OCH3 is 1. The largest absolute Gasteiger partial charge is 0.497 e. The van der Waals surface area contributed by atoms with Crippen molar-refractivity contribution in [1.29, 1.82) is 0 Å². The summed E-state index contributed by atoms with van der Waals surface area (Å²) in [5, 5.41) is 2.85. The summed E-state index contributed by atoms with van der Waals surface area (Å²) >= 11 is 0. The van der Waals surface area contributed by atoms with Crippen molar-refractivity contribution in [2.45, 2.75) is 39.7 Å². The van der Waals surface area contributed by atoms with E-state index >= 15 is 0 Å². The molecule has 0 saturated heterocycles. The number of hydrogen-bond donors (Lipinski definition) is 1. The van der Waals surface area contributed by atoms with Gasteiger partial charge in [0.15, 0.2) is 6.10 Å². The number of carbonyl (C=O) groups is 1. The summed E-state index contributed by atoms with van der Waals surface area (Å²) in [6.07, 6.45) is -0.590. The van der Waals surface area contributed by atoms with Crippen molar-refractivity contribution in [3.63, 3.8) is 0 Å². The summed E-state index contributed by atoms with van der Waals surface area (Å²) in [6.45, 7) is 8.00. The molecule has 0 aliphatic rings. The van der Waals surface area contributed by atoms with Gasteiger partial charge in [0, 0.05) is 5.69 Å². The Morgan fingerprint density at radius 2 is 1.71 bits per heavy atom. The summed E-state index contributed by atoms with van der Waals surface area (Å²) in [6, 6.07) is 13.3. The van der Waals surface area contributed by atoms with Gasteiger partial charge < -0.3 is 14.8 Å². The van der Waals surface area contributed by atoms with Crippen LogP contribution >= 0.6 is 0 Å². The predicted molar refractivity (Wildman–Crippen MR) is 97.0 cm³/mol. The normalized spacial score (nSPS) is 11.9. The quantitative estimate of drug-likeness (QED) is 0.848. The summed E-state index contributed by atoms with van der Waals surface area (Å²) in [7, 11) is 1.61. The van der Waals surface area contributed by atoms with Gasteiger partial charge in [-0.2, -0.15) is 0 Å². The Hall–Kier alpha value is -2.49. The Balaban J connectivity index is 2.04. The minimum absolute atomic E-state index is 0.186. The molecule has 1 N–H and O–H groups in total. The van der Waals surface area contributed by atoms with Crippen LogP contribution in [0.15, 0.2) is 42.5 Å². The minimum Gasteiger partial charge on any atom is -0.497 e. The SMILES string of the molecule is COc1ccc(NC(=O)C(C)Oc2cc(C(C)C)ccc2C)cc1. The Labute approximate surface area is 143 Å². The highest BCUT2D eigenvalue weighted by atomic mass is 16.5. The molecule has 0 fully saturated rings. The van der Waals surface area contributed by atoms with Crippen molar-refractivity contribution in [3.8, 4) is 11.5 Å². The maximum absolute atomic E-state index is 12.3. The zero-order chi connectivity index (χ0) is 17.7. The van der Waals surface area contributed by atoms with E-state index in [1.54, 1.807) is 38.3 Å². The highest BCUT2D eigenvalue weighted by Crippen LogP contribution is 2.25. The van der Waals surface area contributed by atoms with Gasteiger partial charge in [-0.15, -0.1) is 0 Å². The van der Waals surface area contributed by atoms with E-state index in [9.17, 15) is 4.79 Å². The molecule has 24 heavy (non-hydrogen) atoms. The molecule has 0 aromatic heterocycles. The topological polar surface area (TPSA) is 47.6 Å². The van der Waals surface area contributed by atoms with Gasteiger partial charge in [-0.05, 0) is 61.2 Å². The van der Waals surface area contributed by atoms with Crippen LogP contribution in [0.25, 0.3) is 0 Å². The van der Waals surface area contributed by atoms with E-state index in [1.807, 2.05) is 19.1 Å². The lowest BCUT2D eigenvalue weighted by molar-refractivity contribution is -0.122. The van der Waals surface area contributed by atoms with E-state index in [4.69, 9.17) is 9.47 Å². The first-order valence-electron chi connectivity index (χ1n) is 8.13. The molecule has 2 aromatic carbocycles. The van der Waals surface area contributed by atoms with Crippen LogP contribution in [0.3, 0.4) is 0 Å². The third kappa shape index (κ3) is 4.51. The summed E-state index contributed by atoms with van der Waals surface area (Å²) in [5.41, 5.74) is 2.92. The van der Waals surface area contributed by atoms with Crippen molar-refractivity contribution in [1.82, 2.24) is 0 Å². The van der Waals surface area contributed by atoms with Gasteiger partial charge in [0.2, 0.25) is 0 Å². The molecule has 2 rings (SSSR count). The van der Waals surface area contributed by atoms with Crippen LogP contribution in [-0.4, -0.2) is 19.1 Å². The van der Waals surface area contributed by atoms with Gasteiger partial charge in [0.1, 0.15) is 11.5 Å². The maximum Gasteiger partial charge on any atom is 0.265 e.